The molecule has 1 amide bonds. The number of nitrogens with one attached hydrogen (secondary N) is 1. The van der Waals surface area contributed by atoms with E-state index >= 15 is 0 Å². The van der Waals surface area contributed by atoms with Crippen LogP contribution >= 0.6 is 15.9 Å². The molecule has 1 aromatic heterocycles. The quantitative estimate of drug-likeness (QED) is 0.660. The molecule has 0 aliphatic rings. The molecule has 1 unspecified atom stereocenters. The largest absolute Gasteiger partial charge is 0.352 e. The van der Waals surface area contributed by atoms with Crippen molar-refractivity contribution in [2.75, 3.05) is 18.6 Å². The number of rotatable bonds is 5. The minimum atomic E-state index is -0.797. The zero-order valence-corrected chi connectivity index (χ0v) is 11.3. The summed E-state index contributed by atoms with van der Waals surface area (Å²) in [5, 5.41) is 2.76. The van der Waals surface area contributed by atoms with Gasteiger partial charge in [-0.3, -0.25) is 9.00 Å². The third-order valence-electron chi connectivity index (χ3n) is 1.88. The summed E-state index contributed by atoms with van der Waals surface area (Å²) in [4.78, 5) is 15.5. The standard InChI is InChI=1S/C10H13BrN2O2S/c1-16(15)6-2-4-13-10(14)8-3-5-12-9(11)7-8/h3,5,7H,2,4,6H2,1H3,(H,13,14). The molecule has 0 aliphatic heterocycles. The Morgan fingerprint density at radius 3 is 3.00 bits per heavy atom. The Bertz CT molecular complexity index is 398. The lowest BCUT2D eigenvalue weighted by molar-refractivity contribution is 0.0953. The van der Waals surface area contributed by atoms with E-state index in [1.165, 1.54) is 0 Å². The van der Waals surface area contributed by atoms with E-state index in [1.807, 2.05) is 0 Å². The molecule has 0 bridgehead atoms. The molecule has 6 heteroatoms. The molecule has 0 fully saturated rings. The Morgan fingerprint density at radius 1 is 1.62 bits per heavy atom. The van der Waals surface area contributed by atoms with Crippen molar-refractivity contribution in [2.24, 2.45) is 0 Å². The van der Waals surface area contributed by atoms with Crippen molar-refractivity contribution >= 4 is 32.6 Å². The van der Waals surface area contributed by atoms with E-state index in [9.17, 15) is 9.00 Å². The highest BCUT2D eigenvalue weighted by molar-refractivity contribution is 9.10. The van der Waals surface area contributed by atoms with Crippen LogP contribution < -0.4 is 5.32 Å². The van der Waals surface area contributed by atoms with Crippen LogP contribution in [0.5, 0.6) is 0 Å². The number of halogens is 1. The van der Waals surface area contributed by atoms with Gasteiger partial charge in [-0.1, -0.05) is 0 Å². The minimum absolute atomic E-state index is 0.134. The van der Waals surface area contributed by atoms with Crippen molar-refractivity contribution < 1.29 is 9.00 Å². The fraction of sp³-hybridized carbons (Fsp3) is 0.400. The molecule has 88 valence electrons. The van der Waals surface area contributed by atoms with Crippen LogP contribution in [0, 0.1) is 0 Å². The summed E-state index contributed by atoms with van der Waals surface area (Å²) in [6, 6.07) is 3.31. The predicted molar refractivity (Wildman–Crippen MR) is 67.8 cm³/mol. The Kier molecular flexibility index (Phi) is 5.62. The van der Waals surface area contributed by atoms with Crippen molar-refractivity contribution in [3.05, 3.63) is 28.5 Å². The van der Waals surface area contributed by atoms with E-state index in [1.54, 1.807) is 24.6 Å². The van der Waals surface area contributed by atoms with Crippen LogP contribution in [-0.2, 0) is 10.8 Å². The lowest BCUT2D eigenvalue weighted by atomic mass is 10.2. The maximum atomic E-state index is 11.6. The summed E-state index contributed by atoms with van der Waals surface area (Å²) in [5.74, 6) is 0.477. The number of carbonyl (C=O) groups is 1. The molecule has 1 N–H and O–H groups in total. The molecule has 1 atom stereocenters. The first-order chi connectivity index (χ1) is 7.59. The van der Waals surface area contributed by atoms with Gasteiger partial charge in [-0.25, -0.2) is 4.98 Å². The van der Waals surface area contributed by atoms with E-state index in [-0.39, 0.29) is 5.91 Å². The molecular formula is C10H13BrN2O2S. The van der Waals surface area contributed by atoms with Crippen LogP contribution in [0.2, 0.25) is 0 Å². The average Bonchev–Trinajstić information content (AvgIpc) is 2.24. The van der Waals surface area contributed by atoms with Gasteiger partial charge in [-0.2, -0.15) is 0 Å². The molecule has 1 aromatic rings. The number of hydrogen-bond acceptors (Lipinski definition) is 3. The number of amides is 1. The number of hydrogen-bond donors (Lipinski definition) is 1. The van der Waals surface area contributed by atoms with E-state index in [4.69, 9.17) is 0 Å². The smallest absolute Gasteiger partial charge is 0.251 e. The van der Waals surface area contributed by atoms with Gasteiger partial charge in [0, 0.05) is 41.1 Å². The first-order valence-electron chi connectivity index (χ1n) is 4.79. The van der Waals surface area contributed by atoms with Gasteiger partial charge in [0.05, 0.1) is 0 Å². The van der Waals surface area contributed by atoms with E-state index in [2.05, 4.69) is 26.2 Å². The monoisotopic (exact) mass is 304 g/mol. The maximum absolute atomic E-state index is 11.6. The molecule has 0 spiro atoms. The van der Waals surface area contributed by atoms with Crippen LogP contribution in [0.15, 0.2) is 22.9 Å². The molecule has 1 heterocycles. The number of nitrogens with zero attached hydrogens (tertiary/aromatic N) is 1. The Hall–Kier alpha value is -0.750. The van der Waals surface area contributed by atoms with Crippen LogP contribution in [0.1, 0.15) is 16.8 Å². The summed E-state index contributed by atoms with van der Waals surface area (Å²) in [6.45, 7) is 0.540. The highest BCUT2D eigenvalue weighted by Gasteiger charge is 2.05. The summed E-state index contributed by atoms with van der Waals surface area (Å²) in [6.07, 6.45) is 3.95. The Balaban J connectivity index is 2.38. The molecule has 16 heavy (non-hydrogen) atoms. The van der Waals surface area contributed by atoms with Gasteiger partial charge in [0.25, 0.3) is 5.91 Å². The third kappa shape index (κ3) is 4.85. The summed E-state index contributed by atoms with van der Waals surface area (Å²) in [7, 11) is -0.797. The van der Waals surface area contributed by atoms with Crippen molar-refractivity contribution in [1.82, 2.24) is 10.3 Å². The topological polar surface area (TPSA) is 59.1 Å². The van der Waals surface area contributed by atoms with Crippen LogP contribution in [0.25, 0.3) is 0 Å². The Morgan fingerprint density at radius 2 is 2.38 bits per heavy atom. The van der Waals surface area contributed by atoms with E-state index in [0.717, 1.165) is 6.42 Å². The van der Waals surface area contributed by atoms with Crippen LogP contribution in [-0.4, -0.2) is 33.7 Å². The van der Waals surface area contributed by atoms with Gasteiger partial charge in [0.1, 0.15) is 4.60 Å². The van der Waals surface area contributed by atoms with Gasteiger partial charge in [-0.05, 0) is 34.5 Å². The molecule has 1 rings (SSSR count). The second kappa shape index (κ2) is 6.75. The molecule has 0 saturated heterocycles. The van der Waals surface area contributed by atoms with Crippen LogP contribution in [0.4, 0.5) is 0 Å². The summed E-state index contributed by atoms with van der Waals surface area (Å²) in [5.41, 5.74) is 0.569. The first-order valence-corrected chi connectivity index (χ1v) is 7.31. The average molecular weight is 305 g/mol. The number of pyridine rings is 1. The second-order valence-electron chi connectivity index (χ2n) is 3.25. The maximum Gasteiger partial charge on any atom is 0.251 e. The fourth-order valence-corrected chi connectivity index (χ4v) is 2.04. The van der Waals surface area contributed by atoms with E-state index < -0.39 is 10.8 Å². The van der Waals surface area contributed by atoms with Gasteiger partial charge < -0.3 is 5.32 Å². The molecule has 0 saturated carbocycles. The molecular weight excluding hydrogens is 292 g/mol. The lowest BCUT2D eigenvalue weighted by Gasteiger charge is -2.04. The molecule has 4 nitrogen and oxygen atoms in total. The van der Waals surface area contributed by atoms with Gasteiger partial charge in [-0.15, -0.1) is 0 Å². The number of aromatic nitrogens is 1. The lowest BCUT2D eigenvalue weighted by Crippen LogP contribution is -2.25. The third-order valence-corrected chi connectivity index (χ3v) is 3.18. The van der Waals surface area contributed by atoms with Gasteiger partial charge in [0.2, 0.25) is 0 Å². The zero-order chi connectivity index (χ0) is 12.0. The van der Waals surface area contributed by atoms with Gasteiger partial charge in [0.15, 0.2) is 0 Å². The fourth-order valence-electron chi connectivity index (χ4n) is 1.12. The highest BCUT2D eigenvalue weighted by Crippen LogP contribution is 2.07. The molecule has 0 aromatic carbocycles. The van der Waals surface area contributed by atoms with E-state index in [0.29, 0.717) is 22.5 Å². The summed E-state index contributed by atoms with van der Waals surface area (Å²) < 4.78 is 11.4. The van der Waals surface area contributed by atoms with Crippen LogP contribution in [0.3, 0.4) is 0 Å². The SMILES string of the molecule is CS(=O)CCCNC(=O)c1ccnc(Br)c1. The van der Waals surface area contributed by atoms with Crippen molar-refractivity contribution in [3.8, 4) is 0 Å². The summed E-state index contributed by atoms with van der Waals surface area (Å²) >= 11 is 3.20. The molecule has 0 aliphatic carbocycles. The van der Waals surface area contributed by atoms with Crippen molar-refractivity contribution in [3.63, 3.8) is 0 Å². The Labute approximate surface area is 105 Å². The molecule has 0 radical (unpaired) electrons. The van der Waals surface area contributed by atoms with Crippen molar-refractivity contribution in [1.29, 1.82) is 0 Å². The van der Waals surface area contributed by atoms with Crippen molar-refractivity contribution in [2.45, 2.75) is 6.42 Å². The highest BCUT2D eigenvalue weighted by atomic mass is 79.9. The zero-order valence-electron chi connectivity index (χ0n) is 8.90. The number of carbonyl (C=O) groups excluding carboxylic acids is 1. The second-order valence-corrected chi connectivity index (χ2v) is 5.62. The normalized spacial score (nSPS) is 12.1. The van der Waals surface area contributed by atoms with Gasteiger partial charge >= 0.3 is 0 Å². The minimum Gasteiger partial charge on any atom is -0.352 e. The predicted octanol–water partition coefficient (Wildman–Crippen LogP) is 1.34. The first kappa shape index (κ1) is 13.3.